The SMILES string of the molecule is Fc1ccc(F)c(C(F)C2CNC2)c1. The lowest BCUT2D eigenvalue weighted by molar-refractivity contribution is 0.167. The summed E-state index contributed by atoms with van der Waals surface area (Å²) in [6, 6.07) is 2.88. The summed E-state index contributed by atoms with van der Waals surface area (Å²) in [4.78, 5) is 0. The third-order valence-corrected chi connectivity index (χ3v) is 2.48. The Bertz CT molecular complexity index is 336. The molecule has 0 spiro atoms. The maximum absolute atomic E-state index is 13.6. The number of benzene rings is 1. The van der Waals surface area contributed by atoms with Gasteiger partial charge in [0.25, 0.3) is 0 Å². The summed E-state index contributed by atoms with van der Waals surface area (Å²) in [6.07, 6.45) is -1.41. The molecule has 0 radical (unpaired) electrons. The van der Waals surface area contributed by atoms with Crippen LogP contribution in [0, 0.1) is 17.6 Å². The first kappa shape index (κ1) is 9.52. The summed E-state index contributed by atoms with van der Waals surface area (Å²) < 4.78 is 39.4. The number of nitrogens with one attached hydrogen (secondary N) is 1. The fourth-order valence-corrected chi connectivity index (χ4v) is 1.50. The van der Waals surface area contributed by atoms with Crippen molar-refractivity contribution in [2.75, 3.05) is 13.1 Å². The van der Waals surface area contributed by atoms with Crippen LogP contribution in [0.4, 0.5) is 13.2 Å². The minimum absolute atomic E-state index is 0.170. The van der Waals surface area contributed by atoms with Crippen molar-refractivity contribution in [3.63, 3.8) is 0 Å². The first-order valence-electron chi connectivity index (χ1n) is 4.48. The van der Waals surface area contributed by atoms with Crippen LogP contribution in [-0.4, -0.2) is 13.1 Å². The second-order valence-electron chi connectivity index (χ2n) is 3.49. The van der Waals surface area contributed by atoms with E-state index in [0.717, 1.165) is 18.2 Å². The zero-order valence-corrected chi connectivity index (χ0v) is 7.43. The molecule has 0 bridgehead atoms. The Hall–Kier alpha value is -1.03. The summed E-state index contributed by atoms with van der Waals surface area (Å²) in [5, 5.41) is 2.89. The molecule has 0 amide bonds. The molecule has 2 rings (SSSR count). The highest BCUT2D eigenvalue weighted by Crippen LogP contribution is 2.30. The molecule has 1 fully saturated rings. The van der Waals surface area contributed by atoms with Crippen LogP contribution < -0.4 is 5.32 Å². The molecule has 76 valence electrons. The molecule has 1 unspecified atom stereocenters. The molecule has 1 aromatic rings. The normalized spacial score (nSPS) is 19.1. The van der Waals surface area contributed by atoms with Crippen LogP contribution in [0.15, 0.2) is 18.2 Å². The minimum Gasteiger partial charge on any atom is -0.316 e. The second kappa shape index (κ2) is 3.61. The number of rotatable bonds is 2. The van der Waals surface area contributed by atoms with Gasteiger partial charge in [0.05, 0.1) is 0 Å². The Morgan fingerprint density at radius 2 is 2.00 bits per heavy atom. The third-order valence-electron chi connectivity index (χ3n) is 2.48. The molecule has 1 aliphatic rings. The largest absolute Gasteiger partial charge is 0.316 e. The van der Waals surface area contributed by atoms with Crippen LogP contribution in [0.5, 0.6) is 0 Å². The van der Waals surface area contributed by atoms with E-state index in [1.807, 2.05) is 0 Å². The van der Waals surface area contributed by atoms with Crippen LogP contribution in [0.2, 0.25) is 0 Å². The average molecular weight is 201 g/mol. The molecule has 1 aliphatic heterocycles. The van der Waals surface area contributed by atoms with Crippen LogP contribution in [0.3, 0.4) is 0 Å². The molecule has 0 saturated carbocycles. The van der Waals surface area contributed by atoms with Gasteiger partial charge in [-0.25, -0.2) is 13.2 Å². The molecule has 1 atom stereocenters. The minimum atomic E-state index is -1.41. The molecule has 1 N–H and O–H groups in total. The monoisotopic (exact) mass is 201 g/mol. The zero-order chi connectivity index (χ0) is 10.1. The van der Waals surface area contributed by atoms with Crippen molar-refractivity contribution in [3.8, 4) is 0 Å². The van der Waals surface area contributed by atoms with E-state index in [2.05, 4.69) is 5.32 Å². The molecular formula is C10H10F3N. The lowest BCUT2D eigenvalue weighted by Gasteiger charge is -2.30. The van der Waals surface area contributed by atoms with Crippen molar-refractivity contribution in [2.45, 2.75) is 6.17 Å². The van der Waals surface area contributed by atoms with Gasteiger partial charge in [0.15, 0.2) is 0 Å². The number of hydrogen-bond donors (Lipinski definition) is 1. The van der Waals surface area contributed by atoms with Crippen molar-refractivity contribution in [3.05, 3.63) is 35.4 Å². The molecule has 0 aromatic heterocycles. The van der Waals surface area contributed by atoms with Crippen molar-refractivity contribution in [1.82, 2.24) is 5.32 Å². The highest BCUT2D eigenvalue weighted by Gasteiger charge is 2.30. The molecule has 1 heterocycles. The number of hydrogen-bond acceptors (Lipinski definition) is 1. The van der Waals surface area contributed by atoms with Gasteiger partial charge < -0.3 is 5.32 Å². The molecule has 0 aliphatic carbocycles. The van der Waals surface area contributed by atoms with E-state index >= 15 is 0 Å². The van der Waals surface area contributed by atoms with Gasteiger partial charge in [0.1, 0.15) is 17.8 Å². The van der Waals surface area contributed by atoms with E-state index in [1.54, 1.807) is 0 Å². The molecule has 1 nitrogen and oxygen atoms in total. The fraction of sp³-hybridized carbons (Fsp3) is 0.400. The quantitative estimate of drug-likeness (QED) is 0.773. The summed E-state index contributed by atoms with van der Waals surface area (Å²) in [7, 11) is 0. The van der Waals surface area contributed by atoms with Crippen LogP contribution in [0.1, 0.15) is 11.7 Å². The Morgan fingerprint density at radius 1 is 1.29 bits per heavy atom. The number of alkyl halides is 1. The predicted octanol–water partition coefficient (Wildman–Crippen LogP) is 2.19. The first-order chi connectivity index (χ1) is 6.68. The maximum atomic E-state index is 13.6. The van der Waals surface area contributed by atoms with E-state index in [-0.39, 0.29) is 11.5 Å². The molecule has 1 saturated heterocycles. The van der Waals surface area contributed by atoms with Gasteiger partial charge in [-0.15, -0.1) is 0 Å². The lowest BCUT2D eigenvalue weighted by atomic mass is 9.92. The fourth-order valence-electron chi connectivity index (χ4n) is 1.50. The van der Waals surface area contributed by atoms with E-state index in [1.165, 1.54) is 0 Å². The molecule has 4 heteroatoms. The summed E-state index contributed by atoms with van der Waals surface area (Å²) in [5.74, 6) is -1.51. The van der Waals surface area contributed by atoms with Crippen molar-refractivity contribution in [2.24, 2.45) is 5.92 Å². The first-order valence-corrected chi connectivity index (χ1v) is 4.48. The van der Waals surface area contributed by atoms with E-state index in [9.17, 15) is 13.2 Å². The molecule has 1 aromatic carbocycles. The van der Waals surface area contributed by atoms with Gasteiger partial charge in [0, 0.05) is 24.6 Å². The highest BCUT2D eigenvalue weighted by molar-refractivity contribution is 5.22. The highest BCUT2D eigenvalue weighted by atomic mass is 19.1. The van der Waals surface area contributed by atoms with Gasteiger partial charge in [0.2, 0.25) is 0 Å². The summed E-state index contributed by atoms with van der Waals surface area (Å²) in [5.41, 5.74) is -0.170. The van der Waals surface area contributed by atoms with Crippen molar-refractivity contribution in [1.29, 1.82) is 0 Å². The average Bonchev–Trinajstić information content (AvgIpc) is 2.06. The Kier molecular flexibility index (Phi) is 2.46. The Balaban J connectivity index is 2.24. The second-order valence-corrected chi connectivity index (χ2v) is 3.49. The Morgan fingerprint density at radius 3 is 2.57 bits per heavy atom. The van der Waals surface area contributed by atoms with Gasteiger partial charge in [-0.2, -0.15) is 0 Å². The van der Waals surface area contributed by atoms with Gasteiger partial charge in [-0.05, 0) is 18.2 Å². The smallest absolute Gasteiger partial charge is 0.133 e. The zero-order valence-electron chi connectivity index (χ0n) is 7.43. The van der Waals surface area contributed by atoms with E-state index < -0.39 is 17.8 Å². The molecule has 14 heavy (non-hydrogen) atoms. The summed E-state index contributed by atoms with van der Waals surface area (Å²) >= 11 is 0. The third kappa shape index (κ3) is 1.62. The van der Waals surface area contributed by atoms with Gasteiger partial charge in [-0.3, -0.25) is 0 Å². The molecular weight excluding hydrogens is 191 g/mol. The van der Waals surface area contributed by atoms with E-state index in [0.29, 0.717) is 13.1 Å². The predicted molar refractivity (Wildman–Crippen MR) is 46.6 cm³/mol. The van der Waals surface area contributed by atoms with Gasteiger partial charge in [-0.1, -0.05) is 0 Å². The van der Waals surface area contributed by atoms with E-state index in [4.69, 9.17) is 0 Å². The van der Waals surface area contributed by atoms with Crippen molar-refractivity contribution < 1.29 is 13.2 Å². The maximum Gasteiger partial charge on any atom is 0.133 e. The number of halogens is 3. The standard InChI is InChI=1S/C10H10F3N/c11-7-1-2-9(12)8(3-7)10(13)6-4-14-5-6/h1-3,6,10,14H,4-5H2. The van der Waals surface area contributed by atoms with Crippen LogP contribution in [-0.2, 0) is 0 Å². The van der Waals surface area contributed by atoms with Crippen LogP contribution in [0.25, 0.3) is 0 Å². The summed E-state index contributed by atoms with van der Waals surface area (Å²) in [6.45, 7) is 1.05. The van der Waals surface area contributed by atoms with Crippen molar-refractivity contribution >= 4 is 0 Å². The topological polar surface area (TPSA) is 12.0 Å². The van der Waals surface area contributed by atoms with Crippen LogP contribution >= 0.6 is 0 Å². The lowest BCUT2D eigenvalue weighted by Crippen LogP contribution is -2.44. The Labute approximate surface area is 79.9 Å². The van der Waals surface area contributed by atoms with Gasteiger partial charge >= 0.3 is 0 Å².